The van der Waals surface area contributed by atoms with Crippen molar-refractivity contribution in [1.82, 2.24) is 10.2 Å². The number of urea groups is 1. The monoisotopic (exact) mass is 257 g/mol. The van der Waals surface area contributed by atoms with E-state index in [0.29, 0.717) is 12.1 Å². The van der Waals surface area contributed by atoms with Gasteiger partial charge >= 0.3 is 6.03 Å². The molecule has 1 saturated carbocycles. The van der Waals surface area contributed by atoms with E-state index in [0.717, 1.165) is 31.2 Å². The van der Waals surface area contributed by atoms with Crippen molar-refractivity contribution in [2.45, 2.75) is 49.4 Å². The normalized spacial score (nSPS) is 30.8. The number of likely N-dealkylation sites (tertiary alicyclic amines) is 1. The van der Waals surface area contributed by atoms with Gasteiger partial charge in [-0.05, 0) is 31.9 Å². The van der Waals surface area contributed by atoms with Crippen molar-refractivity contribution < 1.29 is 4.79 Å². The predicted octanol–water partition coefficient (Wildman–Crippen LogP) is 1.40. The van der Waals surface area contributed by atoms with Crippen molar-refractivity contribution in [3.8, 4) is 0 Å². The molecule has 2 unspecified atom stereocenters. The average Bonchev–Trinajstić information content (AvgIpc) is 2.77. The van der Waals surface area contributed by atoms with Crippen molar-refractivity contribution in [3.63, 3.8) is 0 Å². The van der Waals surface area contributed by atoms with Gasteiger partial charge in [0.25, 0.3) is 0 Å². The highest BCUT2D eigenvalue weighted by Gasteiger charge is 2.30. The quantitative estimate of drug-likeness (QED) is 0.803. The van der Waals surface area contributed by atoms with Crippen LogP contribution < -0.4 is 11.1 Å². The molecule has 2 fully saturated rings. The first kappa shape index (κ1) is 13.0. The van der Waals surface area contributed by atoms with E-state index in [1.165, 1.54) is 19.3 Å². The maximum absolute atomic E-state index is 11.0. The maximum Gasteiger partial charge on any atom is 0.314 e. The molecule has 1 aliphatic heterocycles. The fourth-order valence-corrected chi connectivity index (χ4v) is 3.91. The molecule has 0 bridgehead atoms. The number of amides is 2. The number of hydrogen-bond acceptors (Lipinski definition) is 3. The first-order valence-electron chi connectivity index (χ1n) is 6.54. The molecule has 4 nitrogen and oxygen atoms in total. The number of nitrogens with two attached hydrogens (primary N) is 1. The zero-order valence-corrected chi connectivity index (χ0v) is 11.3. The first-order chi connectivity index (χ1) is 8.20. The maximum atomic E-state index is 11.0. The Labute approximate surface area is 108 Å². The molecule has 2 atom stereocenters. The Hall–Kier alpha value is -0.420. The third-order valence-electron chi connectivity index (χ3n) is 4.01. The van der Waals surface area contributed by atoms with E-state index in [2.05, 4.69) is 11.6 Å². The van der Waals surface area contributed by atoms with E-state index in [1.807, 2.05) is 11.8 Å². The van der Waals surface area contributed by atoms with Crippen LogP contribution in [0.25, 0.3) is 0 Å². The van der Waals surface area contributed by atoms with E-state index >= 15 is 0 Å². The summed E-state index contributed by atoms with van der Waals surface area (Å²) in [4.78, 5) is 12.8. The summed E-state index contributed by atoms with van der Waals surface area (Å²) < 4.78 is 0. The third-order valence-corrected chi connectivity index (χ3v) is 5.18. The van der Waals surface area contributed by atoms with Gasteiger partial charge in [0.2, 0.25) is 0 Å². The van der Waals surface area contributed by atoms with Crippen molar-refractivity contribution in [2.24, 2.45) is 5.73 Å². The van der Waals surface area contributed by atoms with Gasteiger partial charge in [0.1, 0.15) is 0 Å². The Bertz CT molecular complexity index is 266. The summed E-state index contributed by atoms with van der Waals surface area (Å²) >= 11 is 1.99. The summed E-state index contributed by atoms with van der Waals surface area (Å²) in [7, 11) is 0. The van der Waals surface area contributed by atoms with Crippen LogP contribution >= 0.6 is 11.8 Å². The third kappa shape index (κ3) is 3.28. The van der Waals surface area contributed by atoms with Crippen molar-refractivity contribution >= 4 is 17.8 Å². The minimum atomic E-state index is -0.272. The minimum absolute atomic E-state index is 0.272. The lowest BCUT2D eigenvalue weighted by molar-refractivity contribution is 0.182. The number of primary amides is 1. The molecule has 0 spiro atoms. The van der Waals surface area contributed by atoms with Crippen LogP contribution in [-0.4, -0.2) is 47.6 Å². The number of hydrogen-bond donors (Lipinski definition) is 2. The van der Waals surface area contributed by atoms with E-state index in [9.17, 15) is 4.79 Å². The molecule has 0 aromatic carbocycles. The van der Waals surface area contributed by atoms with Gasteiger partial charge in [0.15, 0.2) is 0 Å². The standard InChI is InChI=1S/C12H23N3OS/c1-17-11-4-2-3-10(11)14-9-5-7-15(8-6-9)12(13)16/h9-11,14H,2-8H2,1H3,(H2,13,16). The molecule has 0 aromatic rings. The molecule has 3 N–H and O–H groups in total. The summed E-state index contributed by atoms with van der Waals surface area (Å²) in [6.45, 7) is 1.62. The number of piperidine rings is 1. The zero-order valence-electron chi connectivity index (χ0n) is 10.5. The van der Waals surface area contributed by atoms with Gasteiger partial charge < -0.3 is 16.0 Å². The van der Waals surface area contributed by atoms with Gasteiger partial charge in [-0.15, -0.1) is 0 Å². The second-order valence-electron chi connectivity index (χ2n) is 5.08. The number of thioether (sulfide) groups is 1. The van der Waals surface area contributed by atoms with Crippen LogP contribution in [0, 0.1) is 0 Å². The number of carbonyl (C=O) groups excluding carboxylic acids is 1. The van der Waals surface area contributed by atoms with E-state index < -0.39 is 0 Å². The Kier molecular flexibility index (Phi) is 4.56. The highest BCUT2D eigenvalue weighted by Crippen LogP contribution is 2.29. The van der Waals surface area contributed by atoms with Crippen LogP contribution in [-0.2, 0) is 0 Å². The summed E-state index contributed by atoms with van der Waals surface area (Å²) in [5.74, 6) is 0. The largest absolute Gasteiger partial charge is 0.351 e. The Morgan fingerprint density at radius 3 is 2.59 bits per heavy atom. The molecular weight excluding hydrogens is 234 g/mol. The second kappa shape index (κ2) is 5.96. The average molecular weight is 257 g/mol. The lowest BCUT2D eigenvalue weighted by atomic mass is 10.0. The molecule has 0 aromatic heterocycles. The van der Waals surface area contributed by atoms with Crippen LogP contribution in [0.2, 0.25) is 0 Å². The molecule has 0 radical (unpaired) electrons. The topological polar surface area (TPSA) is 58.4 Å². The van der Waals surface area contributed by atoms with Gasteiger partial charge in [-0.25, -0.2) is 4.79 Å². The summed E-state index contributed by atoms with van der Waals surface area (Å²) in [5.41, 5.74) is 5.28. The SMILES string of the molecule is CSC1CCCC1NC1CCN(C(N)=O)CC1. The molecule has 1 heterocycles. The second-order valence-corrected chi connectivity index (χ2v) is 6.15. The van der Waals surface area contributed by atoms with Crippen LogP contribution in [0.4, 0.5) is 4.79 Å². The van der Waals surface area contributed by atoms with Gasteiger partial charge in [0, 0.05) is 30.4 Å². The van der Waals surface area contributed by atoms with Gasteiger partial charge in [-0.3, -0.25) is 0 Å². The fourth-order valence-electron chi connectivity index (χ4n) is 2.97. The minimum Gasteiger partial charge on any atom is -0.351 e. The fraction of sp³-hybridized carbons (Fsp3) is 0.917. The lowest BCUT2D eigenvalue weighted by Crippen LogP contribution is -2.50. The van der Waals surface area contributed by atoms with Crippen molar-refractivity contribution in [2.75, 3.05) is 19.3 Å². The van der Waals surface area contributed by atoms with Crippen molar-refractivity contribution in [3.05, 3.63) is 0 Å². The molecule has 17 heavy (non-hydrogen) atoms. The van der Waals surface area contributed by atoms with Gasteiger partial charge in [-0.2, -0.15) is 11.8 Å². The number of carbonyl (C=O) groups is 1. The van der Waals surface area contributed by atoms with E-state index in [1.54, 1.807) is 4.90 Å². The highest BCUT2D eigenvalue weighted by atomic mass is 32.2. The number of rotatable bonds is 3. The van der Waals surface area contributed by atoms with Crippen LogP contribution in [0.3, 0.4) is 0 Å². The smallest absolute Gasteiger partial charge is 0.314 e. The Balaban J connectivity index is 1.76. The molecule has 98 valence electrons. The number of nitrogens with zero attached hydrogens (tertiary/aromatic N) is 1. The summed E-state index contributed by atoms with van der Waals surface area (Å²) in [5, 5.41) is 4.56. The predicted molar refractivity (Wildman–Crippen MR) is 72.3 cm³/mol. The molecular formula is C12H23N3OS. The van der Waals surface area contributed by atoms with Gasteiger partial charge in [0.05, 0.1) is 0 Å². The molecule has 2 rings (SSSR count). The molecule has 1 aliphatic carbocycles. The van der Waals surface area contributed by atoms with Crippen molar-refractivity contribution in [1.29, 1.82) is 0 Å². The lowest BCUT2D eigenvalue weighted by Gasteiger charge is -2.34. The molecule has 2 aliphatic rings. The molecule has 1 saturated heterocycles. The van der Waals surface area contributed by atoms with E-state index in [4.69, 9.17) is 5.73 Å². The van der Waals surface area contributed by atoms with Crippen LogP contribution in [0.15, 0.2) is 0 Å². The summed E-state index contributed by atoms with van der Waals surface area (Å²) in [6, 6.07) is 0.977. The Morgan fingerprint density at radius 2 is 2.00 bits per heavy atom. The summed E-state index contributed by atoms with van der Waals surface area (Å²) in [6.07, 6.45) is 8.30. The zero-order chi connectivity index (χ0) is 12.3. The highest BCUT2D eigenvalue weighted by molar-refractivity contribution is 7.99. The van der Waals surface area contributed by atoms with E-state index in [-0.39, 0.29) is 6.03 Å². The Morgan fingerprint density at radius 1 is 1.29 bits per heavy atom. The first-order valence-corrected chi connectivity index (χ1v) is 7.82. The van der Waals surface area contributed by atoms with Crippen LogP contribution in [0.1, 0.15) is 32.1 Å². The van der Waals surface area contributed by atoms with Crippen LogP contribution in [0.5, 0.6) is 0 Å². The molecule has 5 heteroatoms. The van der Waals surface area contributed by atoms with Gasteiger partial charge in [-0.1, -0.05) is 6.42 Å². The number of nitrogens with one attached hydrogen (secondary N) is 1. The molecule has 2 amide bonds.